The van der Waals surface area contributed by atoms with Crippen LogP contribution in [0.5, 0.6) is 0 Å². The molecule has 0 amide bonds. The summed E-state index contributed by atoms with van der Waals surface area (Å²) >= 11 is 0. The molecule has 1 aliphatic carbocycles. The van der Waals surface area contributed by atoms with Gasteiger partial charge >= 0.3 is 0 Å². The Bertz CT molecular complexity index is 407. The highest BCUT2D eigenvalue weighted by atomic mass is 19.1. The summed E-state index contributed by atoms with van der Waals surface area (Å²) in [4.78, 5) is 11.4. The summed E-state index contributed by atoms with van der Waals surface area (Å²) in [7, 11) is 0. The number of carbonyl (C=O) groups is 1. The maximum absolute atomic E-state index is 13.0. The predicted octanol–water partition coefficient (Wildman–Crippen LogP) is 3.35. The van der Waals surface area contributed by atoms with E-state index in [2.05, 4.69) is 0 Å². The zero-order valence-electron chi connectivity index (χ0n) is 8.50. The molecular formula is C13H13FO. The molecule has 0 heterocycles. The van der Waals surface area contributed by atoms with Gasteiger partial charge in [-0.25, -0.2) is 4.39 Å². The zero-order chi connectivity index (χ0) is 10.7. The van der Waals surface area contributed by atoms with Crippen molar-refractivity contribution in [2.24, 2.45) is 0 Å². The molecule has 0 fully saturated rings. The van der Waals surface area contributed by atoms with Gasteiger partial charge in [0.15, 0.2) is 5.78 Å². The van der Waals surface area contributed by atoms with Crippen molar-refractivity contribution in [3.05, 3.63) is 41.7 Å². The zero-order valence-corrected chi connectivity index (χ0v) is 8.50. The second kappa shape index (κ2) is 4.39. The Morgan fingerprint density at radius 1 is 1.13 bits per heavy atom. The van der Waals surface area contributed by atoms with Gasteiger partial charge in [-0.15, -0.1) is 0 Å². The summed E-state index contributed by atoms with van der Waals surface area (Å²) in [6.45, 7) is 0. The Morgan fingerprint density at radius 2 is 1.93 bits per heavy atom. The predicted molar refractivity (Wildman–Crippen MR) is 57.9 cm³/mol. The first-order valence-electron chi connectivity index (χ1n) is 5.25. The minimum absolute atomic E-state index is 0.159. The average molecular weight is 204 g/mol. The molecule has 0 atom stereocenters. The van der Waals surface area contributed by atoms with Gasteiger partial charge in [-0.05, 0) is 48.6 Å². The second-order valence-corrected chi connectivity index (χ2v) is 3.85. The van der Waals surface area contributed by atoms with Gasteiger partial charge in [0.1, 0.15) is 5.82 Å². The Hall–Kier alpha value is -1.44. The number of ketones is 1. The number of allylic oxidation sites excluding steroid dienone is 2. The molecule has 78 valence electrons. The Balaban J connectivity index is 2.32. The van der Waals surface area contributed by atoms with Gasteiger partial charge in [-0.3, -0.25) is 4.79 Å². The normalized spacial score (nSPS) is 17.1. The van der Waals surface area contributed by atoms with E-state index in [-0.39, 0.29) is 11.6 Å². The van der Waals surface area contributed by atoms with Crippen molar-refractivity contribution in [1.82, 2.24) is 0 Å². The lowest BCUT2D eigenvalue weighted by Gasteiger charge is -2.04. The first kappa shape index (κ1) is 10.1. The molecule has 2 heteroatoms. The first-order valence-corrected chi connectivity index (χ1v) is 5.25. The smallest absolute Gasteiger partial charge is 0.155 e. The van der Waals surface area contributed by atoms with E-state index >= 15 is 0 Å². The molecule has 0 radical (unpaired) electrons. The van der Waals surface area contributed by atoms with Crippen LogP contribution in [0.3, 0.4) is 0 Å². The van der Waals surface area contributed by atoms with Crippen molar-refractivity contribution < 1.29 is 9.18 Å². The standard InChI is InChI=1S/C13H13FO/c14-12-6-3-5-10(8-12)11-4-1-2-7-13(15)9-11/h3,5-6,8-9H,1-2,4,7H2. The molecule has 0 aliphatic heterocycles. The molecule has 0 unspecified atom stereocenters. The molecule has 0 aromatic heterocycles. The molecule has 2 rings (SSSR count). The SMILES string of the molecule is O=C1C=C(c2cccc(F)c2)CCCC1. The van der Waals surface area contributed by atoms with Gasteiger partial charge < -0.3 is 0 Å². The Morgan fingerprint density at radius 3 is 2.73 bits per heavy atom. The van der Waals surface area contributed by atoms with Gasteiger partial charge in [0.05, 0.1) is 0 Å². The third kappa shape index (κ3) is 2.52. The quantitative estimate of drug-likeness (QED) is 0.685. The Kier molecular flexibility index (Phi) is 2.95. The third-order valence-electron chi connectivity index (χ3n) is 2.65. The van der Waals surface area contributed by atoms with Gasteiger partial charge in [0, 0.05) is 6.42 Å². The molecule has 1 aromatic rings. The fraction of sp³-hybridized carbons (Fsp3) is 0.308. The minimum atomic E-state index is -0.245. The molecule has 1 nitrogen and oxygen atoms in total. The maximum Gasteiger partial charge on any atom is 0.155 e. The molecule has 0 saturated carbocycles. The van der Waals surface area contributed by atoms with E-state index in [1.54, 1.807) is 12.1 Å². The van der Waals surface area contributed by atoms with Crippen molar-refractivity contribution in [3.63, 3.8) is 0 Å². The summed E-state index contributed by atoms with van der Waals surface area (Å²) in [5, 5.41) is 0. The fourth-order valence-corrected chi connectivity index (χ4v) is 1.87. The minimum Gasteiger partial charge on any atom is -0.295 e. The van der Waals surface area contributed by atoms with Gasteiger partial charge in [0.25, 0.3) is 0 Å². The Labute approximate surface area is 88.6 Å². The van der Waals surface area contributed by atoms with Gasteiger partial charge in [-0.2, -0.15) is 0 Å². The summed E-state index contributed by atoms with van der Waals surface area (Å²) < 4.78 is 13.0. The molecule has 0 spiro atoms. The van der Waals surface area contributed by atoms with Gasteiger partial charge in [-0.1, -0.05) is 12.1 Å². The molecule has 0 saturated heterocycles. The van der Waals surface area contributed by atoms with Crippen LogP contribution in [0.15, 0.2) is 30.3 Å². The van der Waals surface area contributed by atoms with Crippen LogP contribution in [0, 0.1) is 5.82 Å². The number of carbonyl (C=O) groups excluding carboxylic acids is 1. The van der Waals surface area contributed by atoms with Crippen LogP contribution in [-0.2, 0) is 4.79 Å². The number of hydrogen-bond donors (Lipinski definition) is 0. The number of benzene rings is 1. The van der Waals surface area contributed by atoms with Crippen LogP contribution in [0.4, 0.5) is 4.39 Å². The largest absolute Gasteiger partial charge is 0.295 e. The second-order valence-electron chi connectivity index (χ2n) is 3.85. The van der Waals surface area contributed by atoms with Gasteiger partial charge in [0.2, 0.25) is 0 Å². The number of rotatable bonds is 1. The number of halogens is 1. The molecule has 1 aromatic carbocycles. The fourth-order valence-electron chi connectivity index (χ4n) is 1.87. The van der Waals surface area contributed by atoms with Crippen molar-refractivity contribution in [1.29, 1.82) is 0 Å². The lowest BCUT2D eigenvalue weighted by atomic mass is 10.0. The monoisotopic (exact) mass is 204 g/mol. The van der Waals surface area contributed by atoms with Crippen molar-refractivity contribution in [2.75, 3.05) is 0 Å². The highest BCUT2D eigenvalue weighted by Gasteiger charge is 2.10. The molecule has 15 heavy (non-hydrogen) atoms. The van der Waals surface area contributed by atoms with Crippen molar-refractivity contribution in [2.45, 2.75) is 25.7 Å². The van der Waals surface area contributed by atoms with E-state index in [1.807, 2.05) is 6.07 Å². The first-order chi connectivity index (χ1) is 7.25. The van der Waals surface area contributed by atoms with Crippen LogP contribution in [0.25, 0.3) is 5.57 Å². The van der Waals surface area contributed by atoms with E-state index in [1.165, 1.54) is 12.1 Å². The summed E-state index contributed by atoms with van der Waals surface area (Å²) in [6, 6.07) is 6.45. The van der Waals surface area contributed by atoms with Crippen LogP contribution in [0.1, 0.15) is 31.2 Å². The molecule has 1 aliphatic rings. The van der Waals surface area contributed by atoms with Crippen LogP contribution in [0.2, 0.25) is 0 Å². The van der Waals surface area contributed by atoms with Crippen molar-refractivity contribution >= 4 is 11.4 Å². The molecule has 0 bridgehead atoms. The lowest BCUT2D eigenvalue weighted by Crippen LogP contribution is -1.90. The van der Waals surface area contributed by atoms with E-state index < -0.39 is 0 Å². The molecule has 0 N–H and O–H groups in total. The third-order valence-corrected chi connectivity index (χ3v) is 2.65. The summed E-state index contributed by atoms with van der Waals surface area (Å²) in [5.74, 6) is -0.0862. The topological polar surface area (TPSA) is 17.1 Å². The van der Waals surface area contributed by atoms with E-state index in [0.29, 0.717) is 6.42 Å². The maximum atomic E-state index is 13.0. The van der Waals surface area contributed by atoms with Crippen LogP contribution in [-0.4, -0.2) is 5.78 Å². The lowest BCUT2D eigenvalue weighted by molar-refractivity contribution is -0.114. The van der Waals surface area contributed by atoms with E-state index in [4.69, 9.17) is 0 Å². The summed E-state index contributed by atoms with van der Waals surface area (Å²) in [6.07, 6.45) is 5.11. The highest BCUT2D eigenvalue weighted by molar-refractivity contribution is 5.97. The average Bonchev–Trinajstić information content (AvgIpc) is 2.43. The summed E-state index contributed by atoms with van der Waals surface area (Å²) in [5.41, 5.74) is 1.81. The van der Waals surface area contributed by atoms with E-state index in [9.17, 15) is 9.18 Å². The van der Waals surface area contributed by atoms with Crippen LogP contribution < -0.4 is 0 Å². The van der Waals surface area contributed by atoms with E-state index in [0.717, 1.165) is 30.4 Å². The van der Waals surface area contributed by atoms with Crippen LogP contribution >= 0.6 is 0 Å². The number of hydrogen-bond acceptors (Lipinski definition) is 1. The molecular weight excluding hydrogens is 191 g/mol. The van der Waals surface area contributed by atoms with Crippen molar-refractivity contribution in [3.8, 4) is 0 Å². The highest BCUT2D eigenvalue weighted by Crippen LogP contribution is 2.24.